The first-order valence-electron chi connectivity index (χ1n) is 12.7. The molecule has 0 unspecified atom stereocenters. The van der Waals surface area contributed by atoms with Crippen LogP contribution in [0, 0.1) is 23.7 Å². The molecule has 0 spiro atoms. The highest BCUT2D eigenvalue weighted by Crippen LogP contribution is 2.32. The van der Waals surface area contributed by atoms with Gasteiger partial charge in [-0.1, -0.05) is 6.92 Å². The third kappa shape index (κ3) is 5.76. The summed E-state index contributed by atoms with van der Waals surface area (Å²) in [6.45, 7) is 6.47. The van der Waals surface area contributed by atoms with E-state index in [1.165, 1.54) is 38.5 Å². The van der Waals surface area contributed by atoms with E-state index in [2.05, 4.69) is 27.8 Å². The lowest BCUT2D eigenvalue weighted by molar-refractivity contribution is -0.138. The van der Waals surface area contributed by atoms with E-state index < -0.39 is 0 Å². The van der Waals surface area contributed by atoms with E-state index in [9.17, 15) is 4.79 Å². The maximum absolute atomic E-state index is 12.9. The minimum atomic E-state index is 0.220. The van der Waals surface area contributed by atoms with E-state index in [0.29, 0.717) is 18.1 Å². The second-order valence-corrected chi connectivity index (χ2v) is 10.5. The van der Waals surface area contributed by atoms with Crippen molar-refractivity contribution in [2.24, 2.45) is 23.7 Å². The first kappa shape index (κ1) is 22.5. The van der Waals surface area contributed by atoms with Crippen molar-refractivity contribution >= 4 is 5.91 Å². The number of hydrogen-bond acceptors (Lipinski definition) is 5. The number of nitrogens with one attached hydrogen (secondary N) is 3. The van der Waals surface area contributed by atoms with Crippen molar-refractivity contribution in [2.45, 2.75) is 89.6 Å². The third-order valence-corrected chi connectivity index (χ3v) is 8.46. The second-order valence-electron chi connectivity index (χ2n) is 10.5. The van der Waals surface area contributed by atoms with Gasteiger partial charge >= 0.3 is 0 Å². The van der Waals surface area contributed by atoms with Crippen molar-refractivity contribution in [1.82, 2.24) is 20.9 Å². The van der Waals surface area contributed by atoms with Crippen LogP contribution < -0.4 is 16.0 Å². The van der Waals surface area contributed by atoms with Crippen LogP contribution in [0.1, 0.15) is 71.1 Å². The minimum absolute atomic E-state index is 0.220. The van der Waals surface area contributed by atoms with E-state index in [0.717, 1.165) is 69.6 Å². The standard InChI is InChI=1S/C24H44N4O2/c1-17-11-13-28(14-12-17)23(29)19-3-7-21(8-4-19)27-24-25-15-20(16-26-24)18-5-9-22(30-2)10-6-18/h17-22,24-27H,3-16H2,1-2H3. The maximum Gasteiger partial charge on any atom is 0.225 e. The number of hydrogen-bond donors (Lipinski definition) is 3. The molecule has 4 rings (SSSR count). The van der Waals surface area contributed by atoms with Crippen LogP contribution in [0.2, 0.25) is 0 Å². The molecule has 0 bridgehead atoms. The summed E-state index contributed by atoms with van der Waals surface area (Å²) in [7, 11) is 1.85. The van der Waals surface area contributed by atoms with E-state index in [1.54, 1.807) is 0 Å². The van der Waals surface area contributed by atoms with Gasteiger partial charge in [0.15, 0.2) is 0 Å². The van der Waals surface area contributed by atoms with Gasteiger partial charge in [0.05, 0.1) is 6.10 Å². The van der Waals surface area contributed by atoms with Crippen LogP contribution in [-0.2, 0) is 9.53 Å². The van der Waals surface area contributed by atoms with Crippen LogP contribution in [0.5, 0.6) is 0 Å². The molecule has 0 aromatic heterocycles. The van der Waals surface area contributed by atoms with E-state index in [-0.39, 0.29) is 12.2 Å². The Morgan fingerprint density at radius 1 is 0.867 bits per heavy atom. The van der Waals surface area contributed by atoms with Gasteiger partial charge in [0, 0.05) is 45.2 Å². The lowest BCUT2D eigenvalue weighted by atomic mass is 9.78. The summed E-state index contributed by atoms with van der Waals surface area (Å²) in [5.41, 5.74) is 0. The van der Waals surface area contributed by atoms with Crippen molar-refractivity contribution in [3.63, 3.8) is 0 Å². The largest absolute Gasteiger partial charge is 0.381 e. The molecule has 2 heterocycles. The molecule has 4 fully saturated rings. The summed E-state index contributed by atoms with van der Waals surface area (Å²) >= 11 is 0. The number of methoxy groups -OCH3 is 1. The number of carbonyl (C=O) groups is 1. The second kappa shape index (κ2) is 10.8. The molecular weight excluding hydrogens is 376 g/mol. The van der Waals surface area contributed by atoms with E-state index in [1.807, 2.05) is 7.11 Å². The highest BCUT2D eigenvalue weighted by molar-refractivity contribution is 5.79. The van der Waals surface area contributed by atoms with E-state index >= 15 is 0 Å². The lowest BCUT2D eigenvalue weighted by Gasteiger charge is -2.41. The molecule has 2 saturated heterocycles. The molecule has 172 valence electrons. The smallest absolute Gasteiger partial charge is 0.225 e. The fourth-order valence-electron chi connectivity index (χ4n) is 6.16. The molecule has 0 aromatic carbocycles. The summed E-state index contributed by atoms with van der Waals surface area (Å²) in [6.07, 6.45) is 12.4. The Balaban J connectivity index is 1.13. The Morgan fingerprint density at radius 3 is 2.10 bits per heavy atom. The van der Waals surface area contributed by atoms with Crippen molar-refractivity contribution in [2.75, 3.05) is 33.3 Å². The predicted octanol–water partition coefficient (Wildman–Crippen LogP) is 2.69. The summed E-state index contributed by atoms with van der Waals surface area (Å²) in [5.74, 6) is 3.04. The molecule has 2 aliphatic carbocycles. The molecule has 6 heteroatoms. The number of piperidine rings is 1. The first-order chi connectivity index (χ1) is 14.6. The number of likely N-dealkylation sites (tertiary alicyclic amines) is 1. The fraction of sp³-hybridized carbons (Fsp3) is 0.958. The topological polar surface area (TPSA) is 65.6 Å². The SMILES string of the molecule is COC1CCC(C2CNC(NC3CCC(C(=O)N4CCC(C)CC4)CC3)NC2)CC1. The fourth-order valence-corrected chi connectivity index (χ4v) is 6.16. The maximum atomic E-state index is 12.9. The monoisotopic (exact) mass is 420 g/mol. The average molecular weight is 421 g/mol. The van der Waals surface area contributed by atoms with E-state index in [4.69, 9.17) is 4.74 Å². The number of amides is 1. The quantitative estimate of drug-likeness (QED) is 0.638. The number of nitrogens with zero attached hydrogens (tertiary/aromatic N) is 1. The van der Waals surface area contributed by atoms with Gasteiger partial charge in [-0.05, 0) is 82.0 Å². The van der Waals surface area contributed by atoms with Gasteiger partial charge in [-0.2, -0.15) is 0 Å². The average Bonchev–Trinajstić information content (AvgIpc) is 2.80. The predicted molar refractivity (Wildman–Crippen MR) is 120 cm³/mol. The Kier molecular flexibility index (Phi) is 8.07. The van der Waals surface area contributed by atoms with Gasteiger partial charge in [-0.3, -0.25) is 20.7 Å². The van der Waals surface area contributed by atoms with Gasteiger partial charge in [-0.15, -0.1) is 0 Å². The first-order valence-corrected chi connectivity index (χ1v) is 12.7. The van der Waals surface area contributed by atoms with Crippen molar-refractivity contribution in [1.29, 1.82) is 0 Å². The number of ether oxygens (including phenoxy) is 1. The Morgan fingerprint density at radius 2 is 1.50 bits per heavy atom. The van der Waals surface area contributed by atoms with Crippen LogP contribution in [0.25, 0.3) is 0 Å². The minimum Gasteiger partial charge on any atom is -0.381 e. The number of rotatable bonds is 5. The molecule has 2 saturated carbocycles. The lowest BCUT2D eigenvalue weighted by Crippen LogP contribution is -2.63. The molecule has 6 nitrogen and oxygen atoms in total. The van der Waals surface area contributed by atoms with Crippen LogP contribution >= 0.6 is 0 Å². The third-order valence-electron chi connectivity index (χ3n) is 8.46. The molecule has 0 aromatic rings. The van der Waals surface area contributed by atoms with Gasteiger partial charge in [-0.25, -0.2) is 0 Å². The Labute approximate surface area is 183 Å². The van der Waals surface area contributed by atoms with Gasteiger partial charge in [0.25, 0.3) is 0 Å². The van der Waals surface area contributed by atoms with Gasteiger partial charge in [0.2, 0.25) is 5.91 Å². The molecule has 4 aliphatic rings. The van der Waals surface area contributed by atoms with Gasteiger partial charge < -0.3 is 9.64 Å². The van der Waals surface area contributed by atoms with Crippen molar-refractivity contribution in [3.8, 4) is 0 Å². The van der Waals surface area contributed by atoms with Crippen LogP contribution in [0.4, 0.5) is 0 Å². The molecule has 1 amide bonds. The summed E-state index contributed by atoms with van der Waals surface area (Å²) in [5, 5.41) is 11.2. The summed E-state index contributed by atoms with van der Waals surface area (Å²) in [4.78, 5) is 15.0. The zero-order valence-corrected chi connectivity index (χ0v) is 19.2. The van der Waals surface area contributed by atoms with Crippen LogP contribution in [-0.4, -0.2) is 62.5 Å². The zero-order chi connectivity index (χ0) is 20.9. The van der Waals surface area contributed by atoms with Crippen LogP contribution in [0.15, 0.2) is 0 Å². The normalized spacial score (nSPS) is 39.1. The van der Waals surface area contributed by atoms with Crippen molar-refractivity contribution in [3.05, 3.63) is 0 Å². The molecule has 2 aliphatic heterocycles. The zero-order valence-electron chi connectivity index (χ0n) is 19.2. The molecule has 3 N–H and O–H groups in total. The highest BCUT2D eigenvalue weighted by atomic mass is 16.5. The Bertz CT molecular complexity index is 527. The molecular formula is C24H44N4O2. The van der Waals surface area contributed by atoms with Crippen LogP contribution in [0.3, 0.4) is 0 Å². The molecule has 30 heavy (non-hydrogen) atoms. The van der Waals surface area contributed by atoms with Gasteiger partial charge in [0.1, 0.15) is 6.29 Å². The molecule has 0 radical (unpaired) electrons. The summed E-state index contributed by atoms with van der Waals surface area (Å²) < 4.78 is 5.52. The highest BCUT2D eigenvalue weighted by Gasteiger charge is 2.33. The summed E-state index contributed by atoms with van der Waals surface area (Å²) in [6, 6.07) is 0.522. The van der Waals surface area contributed by atoms with Crippen molar-refractivity contribution < 1.29 is 9.53 Å². The Hall–Kier alpha value is -0.690. The number of carbonyl (C=O) groups excluding carboxylic acids is 1. The molecule has 0 atom stereocenters.